The Balaban J connectivity index is 2.38. The van der Waals surface area contributed by atoms with E-state index in [4.69, 9.17) is 9.84 Å². The first kappa shape index (κ1) is 13.4. The average Bonchev–Trinajstić information content (AvgIpc) is 2.32. The molecule has 0 aliphatic carbocycles. The summed E-state index contributed by atoms with van der Waals surface area (Å²) in [5, 5.41) is 8.93. The number of aryl methyl sites for hydroxylation is 1. The summed E-state index contributed by atoms with van der Waals surface area (Å²) in [6.45, 7) is 1.28. The van der Waals surface area contributed by atoms with Gasteiger partial charge in [-0.3, -0.25) is 0 Å². The third kappa shape index (κ3) is 3.06. The summed E-state index contributed by atoms with van der Waals surface area (Å²) in [5.41, 5.74) is 0.821. The second kappa shape index (κ2) is 5.32. The number of ether oxygens (including phenoxy) is 1. The lowest BCUT2D eigenvalue weighted by Gasteiger charge is -2.11. The molecule has 2 nitrogen and oxygen atoms in total. The van der Waals surface area contributed by atoms with Gasteiger partial charge in [0.05, 0.1) is 6.61 Å². The number of halogens is 3. The molecule has 2 aromatic carbocycles. The Labute approximate surface area is 108 Å². The van der Waals surface area contributed by atoms with E-state index < -0.39 is 17.5 Å². The molecule has 100 valence electrons. The Morgan fingerprint density at radius 2 is 1.63 bits per heavy atom. The average molecular weight is 268 g/mol. The van der Waals surface area contributed by atoms with Crippen molar-refractivity contribution in [3.05, 3.63) is 58.9 Å². The molecule has 2 rings (SSSR count). The fourth-order valence-corrected chi connectivity index (χ4v) is 1.73. The first-order chi connectivity index (χ1) is 8.99. The molecule has 0 atom stereocenters. The summed E-state index contributed by atoms with van der Waals surface area (Å²) < 4.78 is 44.9. The minimum Gasteiger partial charge on any atom is -0.454 e. The fraction of sp³-hybridized carbons (Fsp3) is 0.143. The van der Waals surface area contributed by atoms with Crippen LogP contribution in [0, 0.1) is 24.4 Å². The topological polar surface area (TPSA) is 29.5 Å². The Hall–Kier alpha value is -2.01. The van der Waals surface area contributed by atoms with Crippen LogP contribution in [0.3, 0.4) is 0 Å². The molecule has 0 unspecified atom stereocenters. The number of hydrogen-bond acceptors (Lipinski definition) is 2. The van der Waals surface area contributed by atoms with Gasteiger partial charge in [-0.1, -0.05) is 0 Å². The predicted molar refractivity (Wildman–Crippen MR) is 63.5 cm³/mol. The van der Waals surface area contributed by atoms with Crippen molar-refractivity contribution in [2.24, 2.45) is 0 Å². The Morgan fingerprint density at radius 3 is 2.16 bits per heavy atom. The molecular formula is C14H11F3O2. The van der Waals surface area contributed by atoms with E-state index in [2.05, 4.69) is 0 Å². The van der Waals surface area contributed by atoms with Crippen molar-refractivity contribution < 1.29 is 23.0 Å². The van der Waals surface area contributed by atoms with E-state index in [1.807, 2.05) is 0 Å². The van der Waals surface area contributed by atoms with Crippen LogP contribution in [0.4, 0.5) is 13.2 Å². The lowest BCUT2D eigenvalue weighted by molar-refractivity contribution is 0.280. The summed E-state index contributed by atoms with van der Waals surface area (Å²) >= 11 is 0. The van der Waals surface area contributed by atoms with E-state index >= 15 is 0 Å². The van der Waals surface area contributed by atoms with Crippen LogP contribution in [0.5, 0.6) is 11.5 Å². The molecule has 0 fully saturated rings. The minimum absolute atomic E-state index is 0.123. The van der Waals surface area contributed by atoms with Gasteiger partial charge in [0, 0.05) is 18.2 Å². The molecule has 0 saturated heterocycles. The Kier molecular flexibility index (Phi) is 3.76. The summed E-state index contributed by atoms with van der Waals surface area (Å²) in [6.07, 6.45) is 0. The van der Waals surface area contributed by atoms with Crippen molar-refractivity contribution in [2.75, 3.05) is 0 Å². The van der Waals surface area contributed by atoms with E-state index in [0.29, 0.717) is 17.2 Å². The van der Waals surface area contributed by atoms with Crippen LogP contribution in [0.2, 0.25) is 0 Å². The SMILES string of the molecule is Cc1cc(CO)cc(F)c1Oc1cc(F)cc(F)c1. The summed E-state index contributed by atoms with van der Waals surface area (Å²) in [5.74, 6) is -2.56. The monoisotopic (exact) mass is 268 g/mol. The van der Waals surface area contributed by atoms with Gasteiger partial charge in [0.15, 0.2) is 11.6 Å². The number of aliphatic hydroxyl groups is 1. The summed E-state index contributed by atoms with van der Waals surface area (Å²) in [4.78, 5) is 0. The lowest BCUT2D eigenvalue weighted by Crippen LogP contribution is -1.96. The van der Waals surface area contributed by atoms with Crippen molar-refractivity contribution in [3.63, 3.8) is 0 Å². The second-order valence-electron chi connectivity index (χ2n) is 4.09. The Morgan fingerprint density at radius 1 is 1.00 bits per heavy atom. The minimum atomic E-state index is -0.806. The van der Waals surface area contributed by atoms with Gasteiger partial charge in [0.1, 0.15) is 17.4 Å². The van der Waals surface area contributed by atoms with Crippen LogP contribution in [0.25, 0.3) is 0 Å². The third-order valence-corrected chi connectivity index (χ3v) is 2.53. The van der Waals surface area contributed by atoms with Gasteiger partial charge in [0.2, 0.25) is 0 Å². The van der Waals surface area contributed by atoms with E-state index in [9.17, 15) is 13.2 Å². The van der Waals surface area contributed by atoms with Gasteiger partial charge >= 0.3 is 0 Å². The summed E-state index contributed by atoms with van der Waals surface area (Å²) in [6, 6.07) is 5.26. The van der Waals surface area contributed by atoms with Gasteiger partial charge in [-0.2, -0.15) is 0 Å². The smallest absolute Gasteiger partial charge is 0.166 e. The maximum Gasteiger partial charge on any atom is 0.166 e. The Bertz CT molecular complexity index is 568. The molecular weight excluding hydrogens is 257 g/mol. The highest BCUT2D eigenvalue weighted by Gasteiger charge is 2.12. The maximum absolute atomic E-state index is 13.8. The lowest BCUT2D eigenvalue weighted by atomic mass is 10.1. The quantitative estimate of drug-likeness (QED) is 0.919. The van der Waals surface area contributed by atoms with Crippen molar-refractivity contribution >= 4 is 0 Å². The fourth-order valence-electron chi connectivity index (χ4n) is 1.73. The second-order valence-corrected chi connectivity index (χ2v) is 4.09. The van der Waals surface area contributed by atoms with Crippen molar-refractivity contribution in [1.82, 2.24) is 0 Å². The van der Waals surface area contributed by atoms with Crippen molar-refractivity contribution in [3.8, 4) is 11.5 Å². The molecule has 0 aliphatic rings. The van der Waals surface area contributed by atoms with E-state index in [-0.39, 0.29) is 18.1 Å². The van der Waals surface area contributed by atoms with E-state index in [1.165, 1.54) is 6.07 Å². The van der Waals surface area contributed by atoms with Crippen molar-refractivity contribution in [1.29, 1.82) is 0 Å². The highest BCUT2D eigenvalue weighted by atomic mass is 19.1. The highest BCUT2D eigenvalue weighted by molar-refractivity contribution is 5.41. The molecule has 2 aromatic rings. The highest BCUT2D eigenvalue weighted by Crippen LogP contribution is 2.30. The van der Waals surface area contributed by atoms with Gasteiger partial charge in [-0.05, 0) is 30.2 Å². The van der Waals surface area contributed by atoms with Crippen molar-refractivity contribution in [2.45, 2.75) is 13.5 Å². The molecule has 0 radical (unpaired) electrons. The largest absolute Gasteiger partial charge is 0.454 e. The molecule has 0 saturated carbocycles. The summed E-state index contributed by atoms with van der Waals surface area (Å²) in [7, 11) is 0. The van der Waals surface area contributed by atoms with Crippen LogP contribution in [-0.4, -0.2) is 5.11 Å². The number of aliphatic hydroxyl groups excluding tert-OH is 1. The zero-order chi connectivity index (χ0) is 14.0. The van der Waals surface area contributed by atoms with Crippen LogP contribution >= 0.6 is 0 Å². The predicted octanol–water partition coefficient (Wildman–Crippen LogP) is 3.70. The van der Waals surface area contributed by atoms with E-state index in [0.717, 1.165) is 18.2 Å². The van der Waals surface area contributed by atoms with Crippen LogP contribution in [0.15, 0.2) is 30.3 Å². The van der Waals surface area contributed by atoms with Crippen LogP contribution in [0.1, 0.15) is 11.1 Å². The first-order valence-corrected chi connectivity index (χ1v) is 5.53. The third-order valence-electron chi connectivity index (χ3n) is 2.53. The molecule has 0 amide bonds. The zero-order valence-electron chi connectivity index (χ0n) is 10.1. The van der Waals surface area contributed by atoms with Gasteiger partial charge < -0.3 is 9.84 Å². The van der Waals surface area contributed by atoms with Crippen LogP contribution < -0.4 is 4.74 Å². The molecule has 0 spiro atoms. The zero-order valence-corrected chi connectivity index (χ0v) is 10.1. The molecule has 0 aliphatic heterocycles. The molecule has 1 N–H and O–H groups in total. The molecule has 5 heteroatoms. The van der Waals surface area contributed by atoms with Crippen LogP contribution in [-0.2, 0) is 6.61 Å². The van der Waals surface area contributed by atoms with Gasteiger partial charge in [-0.15, -0.1) is 0 Å². The molecule has 0 bridgehead atoms. The molecule has 19 heavy (non-hydrogen) atoms. The normalized spacial score (nSPS) is 10.6. The molecule has 0 aromatic heterocycles. The first-order valence-electron chi connectivity index (χ1n) is 5.53. The van der Waals surface area contributed by atoms with E-state index in [1.54, 1.807) is 6.92 Å². The number of rotatable bonds is 3. The maximum atomic E-state index is 13.8. The standard InChI is InChI=1S/C14H11F3O2/c1-8-2-9(7-18)3-13(17)14(8)19-12-5-10(15)4-11(16)6-12/h2-6,18H,7H2,1H3. The molecule has 0 heterocycles. The number of hydrogen-bond donors (Lipinski definition) is 1. The van der Waals surface area contributed by atoms with Gasteiger partial charge in [-0.25, -0.2) is 13.2 Å². The number of benzene rings is 2. The van der Waals surface area contributed by atoms with Gasteiger partial charge in [0.25, 0.3) is 0 Å².